The zero-order valence-corrected chi connectivity index (χ0v) is 12.7. The van der Waals surface area contributed by atoms with Gasteiger partial charge < -0.3 is 10.0 Å². The first-order chi connectivity index (χ1) is 8.85. The van der Waals surface area contributed by atoms with Crippen LogP contribution in [0.2, 0.25) is 0 Å². The van der Waals surface area contributed by atoms with E-state index < -0.39 is 0 Å². The molecule has 1 saturated carbocycles. The average Bonchev–Trinajstić information content (AvgIpc) is 2.25. The average molecular weight is 267 g/mol. The van der Waals surface area contributed by atoms with Gasteiger partial charge in [0, 0.05) is 19.5 Å². The SMILES string of the molecule is CC1CC(CC(=O)N2CCCC(O)C2)CC(C)(C)C1. The third-order valence-electron chi connectivity index (χ3n) is 4.69. The first-order valence-corrected chi connectivity index (χ1v) is 7.81. The number of hydrogen-bond acceptors (Lipinski definition) is 2. The van der Waals surface area contributed by atoms with E-state index in [0.29, 0.717) is 24.3 Å². The first-order valence-electron chi connectivity index (χ1n) is 7.81. The molecule has 0 aromatic carbocycles. The second-order valence-corrected chi connectivity index (χ2v) is 7.62. The highest BCUT2D eigenvalue weighted by Crippen LogP contribution is 2.43. The van der Waals surface area contributed by atoms with E-state index in [0.717, 1.165) is 25.3 Å². The molecule has 1 aliphatic heterocycles. The summed E-state index contributed by atoms with van der Waals surface area (Å²) in [4.78, 5) is 14.2. The Balaban J connectivity index is 1.87. The molecule has 3 unspecified atom stereocenters. The highest BCUT2D eigenvalue weighted by atomic mass is 16.3. The number of β-amino-alcohol motifs (C(OH)–C–C–N with tert-alkyl or cyclic N) is 1. The zero-order valence-electron chi connectivity index (χ0n) is 12.7. The van der Waals surface area contributed by atoms with E-state index in [1.54, 1.807) is 0 Å². The van der Waals surface area contributed by atoms with Gasteiger partial charge in [-0.1, -0.05) is 20.8 Å². The van der Waals surface area contributed by atoms with Crippen LogP contribution in [0.3, 0.4) is 0 Å². The third-order valence-corrected chi connectivity index (χ3v) is 4.69. The molecule has 1 N–H and O–H groups in total. The lowest BCUT2D eigenvalue weighted by Crippen LogP contribution is -2.43. The Labute approximate surface area is 117 Å². The van der Waals surface area contributed by atoms with Crippen LogP contribution in [-0.2, 0) is 4.79 Å². The lowest BCUT2D eigenvalue weighted by Gasteiger charge is -2.40. The molecule has 3 heteroatoms. The van der Waals surface area contributed by atoms with Gasteiger partial charge in [0.1, 0.15) is 0 Å². The second kappa shape index (κ2) is 5.82. The summed E-state index contributed by atoms with van der Waals surface area (Å²) < 4.78 is 0. The molecule has 2 rings (SSSR count). The quantitative estimate of drug-likeness (QED) is 0.836. The molecule has 3 nitrogen and oxygen atoms in total. The lowest BCUT2D eigenvalue weighted by molar-refractivity contribution is -0.135. The monoisotopic (exact) mass is 267 g/mol. The van der Waals surface area contributed by atoms with E-state index in [9.17, 15) is 9.90 Å². The predicted octanol–water partition coefficient (Wildman–Crippen LogP) is 2.82. The Morgan fingerprint density at radius 1 is 1.37 bits per heavy atom. The van der Waals surface area contributed by atoms with E-state index in [1.165, 1.54) is 19.3 Å². The fourth-order valence-electron chi connectivity index (χ4n) is 4.26. The maximum Gasteiger partial charge on any atom is 0.222 e. The van der Waals surface area contributed by atoms with Gasteiger partial charge in [0.15, 0.2) is 0 Å². The lowest BCUT2D eigenvalue weighted by atomic mass is 9.67. The molecule has 3 atom stereocenters. The third kappa shape index (κ3) is 4.20. The molecule has 0 radical (unpaired) electrons. The number of rotatable bonds is 2. The minimum Gasteiger partial charge on any atom is -0.391 e. The van der Waals surface area contributed by atoms with E-state index in [4.69, 9.17) is 0 Å². The van der Waals surface area contributed by atoms with Crippen molar-refractivity contribution in [3.8, 4) is 0 Å². The molecule has 2 aliphatic rings. The van der Waals surface area contributed by atoms with Crippen molar-refractivity contribution in [1.29, 1.82) is 0 Å². The number of piperidine rings is 1. The molecule has 0 spiro atoms. The van der Waals surface area contributed by atoms with Gasteiger partial charge in [-0.15, -0.1) is 0 Å². The minimum absolute atomic E-state index is 0.258. The molecule has 1 amide bonds. The molecule has 1 saturated heterocycles. The van der Waals surface area contributed by atoms with Crippen LogP contribution < -0.4 is 0 Å². The second-order valence-electron chi connectivity index (χ2n) is 7.62. The molecule has 0 aromatic heterocycles. The van der Waals surface area contributed by atoms with Gasteiger partial charge in [0.2, 0.25) is 5.91 Å². The van der Waals surface area contributed by atoms with Crippen molar-refractivity contribution in [2.45, 2.75) is 65.4 Å². The summed E-state index contributed by atoms with van der Waals surface area (Å²) in [5.74, 6) is 1.52. The Bertz CT molecular complexity index is 327. The number of carbonyl (C=O) groups excluding carboxylic acids is 1. The highest BCUT2D eigenvalue weighted by Gasteiger charge is 2.34. The van der Waals surface area contributed by atoms with Crippen molar-refractivity contribution in [1.82, 2.24) is 4.90 Å². The van der Waals surface area contributed by atoms with Crippen molar-refractivity contribution in [3.63, 3.8) is 0 Å². The molecule has 0 aromatic rings. The van der Waals surface area contributed by atoms with Crippen LogP contribution in [0.25, 0.3) is 0 Å². The Hall–Kier alpha value is -0.570. The Morgan fingerprint density at radius 3 is 2.74 bits per heavy atom. The fraction of sp³-hybridized carbons (Fsp3) is 0.938. The summed E-state index contributed by atoms with van der Waals surface area (Å²) in [6.07, 6.45) is 5.79. The number of nitrogens with zero attached hydrogens (tertiary/aromatic N) is 1. The summed E-state index contributed by atoms with van der Waals surface area (Å²) in [5.41, 5.74) is 0.379. The largest absolute Gasteiger partial charge is 0.391 e. The van der Waals surface area contributed by atoms with Crippen LogP contribution >= 0.6 is 0 Å². The fourth-order valence-corrected chi connectivity index (χ4v) is 4.26. The van der Waals surface area contributed by atoms with Crippen molar-refractivity contribution in [3.05, 3.63) is 0 Å². The molecular weight excluding hydrogens is 238 g/mol. The van der Waals surface area contributed by atoms with Gasteiger partial charge in [-0.3, -0.25) is 4.79 Å². The van der Waals surface area contributed by atoms with E-state index in [2.05, 4.69) is 20.8 Å². The summed E-state index contributed by atoms with van der Waals surface area (Å²) >= 11 is 0. The first kappa shape index (κ1) is 14.8. The van der Waals surface area contributed by atoms with Crippen LogP contribution in [0.1, 0.15) is 59.3 Å². The Morgan fingerprint density at radius 2 is 2.11 bits per heavy atom. The van der Waals surface area contributed by atoms with Gasteiger partial charge >= 0.3 is 0 Å². The number of carbonyl (C=O) groups is 1. The highest BCUT2D eigenvalue weighted by molar-refractivity contribution is 5.76. The number of aliphatic hydroxyl groups excluding tert-OH is 1. The van der Waals surface area contributed by atoms with Crippen molar-refractivity contribution >= 4 is 5.91 Å². The zero-order chi connectivity index (χ0) is 14.0. The standard InChI is InChI=1S/C16H29NO2/c1-12-7-13(10-16(2,3)9-12)8-15(19)17-6-4-5-14(18)11-17/h12-14,18H,4-11H2,1-3H3. The Kier molecular flexibility index (Phi) is 4.54. The molecule has 2 fully saturated rings. The topological polar surface area (TPSA) is 40.5 Å². The van der Waals surface area contributed by atoms with Crippen LogP contribution in [-0.4, -0.2) is 35.1 Å². The summed E-state index contributed by atoms with van der Waals surface area (Å²) in [6.45, 7) is 8.34. The predicted molar refractivity (Wildman–Crippen MR) is 76.7 cm³/mol. The maximum atomic E-state index is 12.3. The normalized spacial score (nSPS) is 35.2. The molecule has 0 bridgehead atoms. The van der Waals surface area contributed by atoms with Crippen LogP contribution in [0.5, 0.6) is 0 Å². The smallest absolute Gasteiger partial charge is 0.222 e. The van der Waals surface area contributed by atoms with E-state index >= 15 is 0 Å². The van der Waals surface area contributed by atoms with Gasteiger partial charge in [-0.05, 0) is 49.4 Å². The number of likely N-dealkylation sites (tertiary alicyclic amines) is 1. The van der Waals surface area contributed by atoms with E-state index in [1.807, 2.05) is 4.90 Å². The molecule has 1 aliphatic carbocycles. The summed E-state index contributed by atoms with van der Waals surface area (Å²) in [5, 5.41) is 9.67. The van der Waals surface area contributed by atoms with E-state index in [-0.39, 0.29) is 12.0 Å². The van der Waals surface area contributed by atoms with Crippen LogP contribution in [0.4, 0.5) is 0 Å². The molecule has 19 heavy (non-hydrogen) atoms. The van der Waals surface area contributed by atoms with Gasteiger partial charge in [-0.25, -0.2) is 0 Å². The van der Waals surface area contributed by atoms with Gasteiger partial charge in [-0.2, -0.15) is 0 Å². The van der Waals surface area contributed by atoms with Gasteiger partial charge in [0.25, 0.3) is 0 Å². The number of aliphatic hydroxyl groups is 1. The van der Waals surface area contributed by atoms with Crippen molar-refractivity contribution in [2.75, 3.05) is 13.1 Å². The molecule has 110 valence electrons. The number of amides is 1. The summed E-state index contributed by atoms with van der Waals surface area (Å²) in [7, 11) is 0. The van der Waals surface area contributed by atoms with Crippen LogP contribution in [0.15, 0.2) is 0 Å². The van der Waals surface area contributed by atoms with Gasteiger partial charge in [0.05, 0.1) is 6.10 Å². The van der Waals surface area contributed by atoms with Crippen LogP contribution in [0, 0.1) is 17.3 Å². The molecule has 1 heterocycles. The minimum atomic E-state index is -0.306. The van der Waals surface area contributed by atoms with Crippen molar-refractivity contribution in [2.24, 2.45) is 17.3 Å². The maximum absolute atomic E-state index is 12.3. The van der Waals surface area contributed by atoms with Crippen molar-refractivity contribution < 1.29 is 9.90 Å². The summed E-state index contributed by atoms with van der Waals surface area (Å²) in [6, 6.07) is 0. The molecular formula is C16H29NO2. The number of hydrogen-bond donors (Lipinski definition) is 1.